The number of hydrogen-bond acceptors (Lipinski definition) is 1. The van der Waals surface area contributed by atoms with Crippen LogP contribution in [0.1, 0.15) is 62.5 Å². The highest BCUT2D eigenvalue weighted by Gasteiger charge is 2.49. The van der Waals surface area contributed by atoms with E-state index in [-0.39, 0.29) is 11.5 Å². The highest BCUT2D eigenvalue weighted by atomic mass is 19.4. The van der Waals surface area contributed by atoms with Crippen molar-refractivity contribution in [1.29, 1.82) is 0 Å². The molecule has 0 aliphatic heterocycles. The average molecular weight is 372 g/mol. The first-order valence-corrected chi connectivity index (χ1v) is 8.17. The van der Waals surface area contributed by atoms with E-state index >= 15 is 0 Å². The van der Waals surface area contributed by atoms with Gasteiger partial charge in [-0.25, -0.2) is 13.5 Å². The number of alkyl halides is 5. The predicted molar refractivity (Wildman–Crippen MR) is 77.0 cm³/mol. The molecule has 0 N–H and O–H groups in total. The summed E-state index contributed by atoms with van der Waals surface area (Å²) in [5.74, 6) is -3.12. The van der Waals surface area contributed by atoms with Crippen molar-refractivity contribution in [2.24, 2.45) is 5.92 Å². The zero-order chi connectivity index (χ0) is 18.8. The van der Waals surface area contributed by atoms with Crippen LogP contribution in [0.25, 0.3) is 0 Å². The van der Waals surface area contributed by atoms with E-state index in [2.05, 4.69) is 11.7 Å². The highest BCUT2D eigenvalue weighted by molar-refractivity contribution is 5.31. The molecule has 0 amide bonds. The van der Waals surface area contributed by atoms with Crippen LogP contribution in [0.5, 0.6) is 0 Å². The molecule has 1 aliphatic rings. The topological polar surface area (TPSA) is 9.23 Å². The van der Waals surface area contributed by atoms with E-state index in [1.54, 1.807) is 0 Å². The molecular weight excluding hydrogens is 353 g/mol. The molecule has 142 valence electrons. The number of benzene rings is 1. The third-order valence-corrected chi connectivity index (χ3v) is 4.61. The van der Waals surface area contributed by atoms with Crippen molar-refractivity contribution in [3.63, 3.8) is 0 Å². The molecule has 0 unspecified atom stereocenters. The standard InChI is InChI=1S/C17H19F7O/c1-2-3-10-4-6-11(7-5-10)12-8-13(18)15(14(19)9-12)16(20,21)25-17(22,23)24/h8-11H,2-7H2,1H3. The van der Waals surface area contributed by atoms with Crippen LogP contribution < -0.4 is 0 Å². The number of rotatable bonds is 5. The molecule has 0 radical (unpaired) electrons. The number of halogens is 7. The first-order valence-electron chi connectivity index (χ1n) is 8.17. The molecular formula is C17H19F7O. The lowest BCUT2D eigenvalue weighted by Gasteiger charge is -2.29. The van der Waals surface area contributed by atoms with E-state index in [1.807, 2.05) is 0 Å². The molecule has 0 saturated heterocycles. The molecule has 1 aromatic carbocycles. The van der Waals surface area contributed by atoms with Gasteiger partial charge in [0.15, 0.2) is 0 Å². The van der Waals surface area contributed by atoms with Gasteiger partial charge in [-0.2, -0.15) is 8.78 Å². The first kappa shape index (κ1) is 20.0. The zero-order valence-corrected chi connectivity index (χ0v) is 13.6. The van der Waals surface area contributed by atoms with E-state index in [4.69, 9.17) is 0 Å². The van der Waals surface area contributed by atoms with Crippen LogP contribution >= 0.6 is 0 Å². The van der Waals surface area contributed by atoms with Gasteiger partial charge in [0.2, 0.25) is 0 Å². The second kappa shape index (κ2) is 7.51. The molecule has 0 bridgehead atoms. The smallest absolute Gasteiger partial charge is 0.222 e. The van der Waals surface area contributed by atoms with E-state index in [9.17, 15) is 30.7 Å². The van der Waals surface area contributed by atoms with Gasteiger partial charge in [-0.15, -0.1) is 13.2 Å². The minimum atomic E-state index is -5.72. The van der Waals surface area contributed by atoms with E-state index in [0.29, 0.717) is 30.9 Å². The lowest BCUT2D eigenvalue weighted by molar-refractivity contribution is -0.432. The summed E-state index contributed by atoms with van der Waals surface area (Å²) in [4.78, 5) is 0. The molecule has 25 heavy (non-hydrogen) atoms. The van der Waals surface area contributed by atoms with Gasteiger partial charge in [0.1, 0.15) is 17.2 Å². The lowest BCUT2D eigenvalue weighted by atomic mass is 9.77. The molecule has 1 aromatic rings. The maximum Gasteiger partial charge on any atom is 0.527 e. The number of hydrogen-bond donors (Lipinski definition) is 0. The predicted octanol–water partition coefficient (Wildman–Crippen LogP) is 6.62. The van der Waals surface area contributed by atoms with Crippen molar-refractivity contribution >= 4 is 0 Å². The average Bonchev–Trinajstić information content (AvgIpc) is 2.44. The Kier molecular flexibility index (Phi) is 6.01. The Morgan fingerprint density at radius 2 is 1.48 bits per heavy atom. The third kappa shape index (κ3) is 5.09. The molecule has 0 spiro atoms. The van der Waals surface area contributed by atoms with E-state index in [1.165, 1.54) is 0 Å². The van der Waals surface area contributed by atoms with Crippen molar-refractivity contribution in [2.45, 2.75) is 63.8 Å². The summed E-state index contributed by atoms with van der Waals surface area (Å²) in [7, 11) is 0. The fourth-order valence-electron chi connectivity index (χ4n) is 3.50. The minimum Gasteiger partial charge on any atom is -0.222 e. The van der Waals surface area contributed by atoms with Gasteiger partial charge in [-0.3, -0.25) is 0 Å². The third-order valence-electron chi connectivity index (χ3n) is 4.61. The Bertz CT molecular complexity index is 566. The minimum absolute atomic E-state index is 0.191. The largest absolute Gasteiger partial charge is 0.527 e. The monoisotopic (exact) mass is 372 g/mol. The lowest BCUT2D eigenvalue weighted by Crippen LogP contribution is -2.30. The quantitative estimate of drug-likeness (QED) is 0.528. The van der Waals surface area contributed by atoms with Crippen molar-refractivity contribution in [3.05, 3.63) is 34.9 Å². The molecule has 1 fully saturated rings. The molecule has 2 rings (SSSR count). The molecule has 0 aromatic heterocycles. The van der Waals surface area contributed by atoms with Gasteiger partial charge in [0.25, 0.3) is 0 Å². The Balaban J connectivity index is 2.20. The highest BCUT2D eigenvalue weighted by Crippen LogP contribution is 2.42. The molecule has 0 heterocycles. The van der Waals surface area contributed by atoms with Crippen LogP contribution in [0.15, 0.2) is 12.1 Å². The van der Waals surface area contributed by atoms with Gasteiger partial charge >= 0.3 is 12.5 Å². The summed E-state index contributed by atoms with van der Waals surface area (Å²) < 4.78 is 93.5. The summed E-state index contributed by atoms with van der Waals surface area (Å²) >= 11 is 0. The Morgan fingerprint density at radius 3 is 1.92 bits per heavy atom. The fourth-order valence-corrected chi connectivity index (χ4v) is 3.50. The van der Waals surface area contributed by atoms with Gasteiger partial charge in [0, 0.05) is 0 Å². The van der Waals surface area contributed by atoms with Crippen LogP contribution in [0, 0.1) is 17.6 Å². The maximum absolute atomic E-state index is 14.0. The van der Waals surface area contributed by atoms with E-state index in [0.717, 1.165) is 25.7 Å². The van der Waals surface area contributed by atoms with Gasteiger partial charge in [-0.05, 0) is 55.2 Å². The summed E-state index contributed by atoms with van der Waals surface area (Å²) in [6.07, 6.45) is -5.68. The SMILES string of the molecule is CCCC1CCC(c2cc(F)c(C(F)(F)OC(F)(F)F)c(F)c2)CC1. The van der Waals surface area contributed by atoms with Gasteiger partial charge in [0.05, 0.1) is 0 Å². The molecule has 1 nitrogen and oxygen atoms in total. The molecule has 1 aliphatic carbocycles. The summed E-state index contributed by atoms with van der Waals surface area (Å²) in [5.41, 5.74) is -1.83. The van der Waals surface area contributed by atoms with Crippen LogP contribution in [-0.4, -0.2) is 6.36 Å². The van der Waals surface area contributed by atoms with Crippen molar-refractivity contribution in [3.8, 4) is 0 Å². The van der Waals surface area contributed by atoms with E-state index < -0.39 is 29.7 Å². The maximum atomic E-state index is 14.0. The Hall–Kier alpha value is -1.31. The second-order valence-electron chi connectivity index (χ2n) is 6.43. The van der Waals surface area contributed by atoms with Crippen molar-refractivity contribution in [1.82, 2.24) is 0 Å². The van der Waals surface area contributed by atoms with Crippen LogP contribution in [-0.2, 0) is 10.8 Å². The summed E-state index contributed by atoms with van der Waals surface area (Å²) in [5, 5.41) is 0. The van der Waals surface area contributed by atoms with Crippen LogP contribution in [0.3, 0.4) is 0 Å². The zero-order valence-electron chi connectivity index (χ0n) is 13.6. The van der Waals surface area contributed by atoms with Crippen molar-refractivity contribution in [2.75, 3.05) is 0 Å². The summed E-state index contributed by atoms with van der Waals surface area (Å²) in [6, 6.07) is 1.38. The van der Waals surface area contributed by atoms with Crippen LogP contribution in [0.2, 0.25) is 0 Å². The number of ether oxygens (including phenoxy) is 1. The Morgan fingerprint density at radius 1 is 0.960 bits per heavy atom. The van der Waals surface area contributed by atoms with Crippen molar-refractivity contribution < 1.29 is 35.5 Å². The normalized spacial score (nSPS) is 22.2. The summed E-state index contributed by atoms with van der Waals surface area (Å²) in [6.45, 7) is 2.07. The molecule has 0 atom stereocenters. The van der Waals surface area contributed by atoms with Gasteiger partial charge in [-0.1, -0.05) is 19.8 Å². The molecule has 8 heteroatoms. The Labute approximate surface area is 141 Å². The first-order chi connectivity index (χ1) is 11.5. The van der Waals surface area contributed by atoms with Crippen LogP contribution in [0.4, 0.5) is 30.7 Å². The van der Waals surface area contributed by atoms with Gasteiger partial charge < -0.3 is 0 Å². The fraction of sp³-hybridized carbons (Fsp3) is 0.647. The second-order valence-corrected chi connectivity index (χ2v) is 6.43. The molecule has 1 saturated carbocycles.